The predicted molar refractivity (Wildman–Crippen MR) is 98.8 cm³/mol. The molecule has 0 aromatic heterocycles. The average molecular weight is 353 g/mol. The first-order valence-corrected chi connectivity index (χ1v) is 9.38. The Labute approximate surface area is 150 Å². The second-order valence-corrected chi connectivity index (χ2v) is 6.84. The van der Waals surface area contributed by atoms with Crippen LogP contribution in [0.25, 0.3) is 0 Å². The van der Waals surface area contributed by atoms with E-state index in [2.05, 4.69) is 17.1 Å². The first kappa shape index (κ1) is 19.1. The third kappa shape index (κ3) is 5.67. The van der Waals surface area contributed by atoms with Crippen molar-refractivity contribution in [2.24, 2.45) is 0 Å². The summed E-state index contributed by atoms with van der Waals surface area (Å²) in [5.41, 5.74) is 1.00. The molecule has 4 nitrogen and oxygen atoms in total. The van der Waals surface area contributed by atoms with E-state index < -0.39 is 0 Å². The van der Waals surface area contributed by atoms with Gasteiger partial charge in [-0.2, -0.15) is 0 Å². The molecule has 134 valence electrons. The van der Waals surface area contributed by atoms with Crippen LogP contribution in [0.2, 0.25) is 5.02 Å². The van der Waals surface area contributed by atoms with Gasteiger partial charge in [0.05, 0.1) is 6.61 Å². The van der Waals surface area contributed by atoms with Gasteiger partial charge in [-0.3, -0.25) is 4.79 Å². The van der Waals surface area contributed by atoms with E-state index >= 15 is 0 Å². The van der Waals surface area contributed by atoms with E-state index in [1.165, 1.54) is 0 Å². The molecule has 1 saturated heterocycles. The van der Waals surface area contributed by atoms with Crippen molar-refractivity contribution >= 4 is 17.5 Å². The molecule has 5 heteroatoms. The van der Waals surface area contributed by atoms with E-state index in [9.17, 15) is 4.79 Å². The van der Waals surface area contributed by atoms with Gasteiger partial charge in [0.2, 0.25) is 5.91 Å². The number of nitrogens with one attached hydrogen (secondary N) is 1. The molecule has 1 aromatic carbocycles. The van der Waals surface area contributed by atoms with E-state index in [0.29, 0.717) is 19.1 Å². The Bertz CT molecular complexity index is 530. The van der Waals surface area contributed by atoms with Crippen LogP contribution in [-0.4, -0.2) is 43.1 Å². The molecule has 0 unspecified atom stereocenters. The van der Waals surface area contributed by atoms with E-state index in [0.717, 1.165) is 61.7 Å². The Morgan fingerprint density at radius 3 is 2.79 bits per heavy atom. The number of amides is 1. The van der Waals surface area contributed by atoms with Crippen LogP contribution in [0.3, 0.4) is 0 Å². The number of ether oxygens (including phenoxy) is 1. The molecule has 2 rings (SSSR count). The predicted octanol–water partition coefficient (Wildman–Crippen LogP) is 3.80. The van der Waals surface area contributed by atoms with Gasteiger partial charge in [0.15, 0.2) is 0 Å². The number of aryl methyl sites for hydroxylation is 1. The summed E-state index contributed by atoms with van der Waals surface area (Å²) in [5.74, 6) is 1.08. The number of carbonyl (C=O) groups is 1. The van der Waals surface area contributed by atoms with Crippen LogP contribution in [0, 0.1) is 6.92 Å². The Morgan fingerprint density at radius 2 is 2.12 bits per heavy atom. The van der Waals surface area contributed by atoms with E-state index in [1.54, 1.807) is 0 Å². The molecule has 1 heterocycles. The summed E-state index contributed by atoms with van der Waals surface area (Å²) in [6.07, 6.45) is 4.43. The number of benzene rings is 1. The lowest BCUT2D eigenvalue weighted by Gasteiger charge is -2.34. The Kier molecular flexibility index (Phi) is 7.86. The molecule has 0 spiro atoms. The number of nitrogens with zero attached hydrogens (tertiary/aromatic N) is 1. The van der Waals surface area contributed by atoms with E-state index in [-0.39, 0.29) is 5.91 Å². The molecule has 1 aromatic rings. The maximum atomic E-state index is 12.6. The molecule has 1 N–H and O–H groups in total. The molecule has 1 fully saturated rings. The van der Waals surface area contributed by atoms with Crippen molar-refractivity contribution < 1.29 is 9.53 Å². The topological polar surface area (TPSA) is 41.6 Å². The van der Waals surface area contributed by atoms with Crippen molar-refractivity contribution in [3.05, 3.63) is 28.8 Å². The second-order valence-electron chi connectivity index (χ2n) is 6.43. The molecule has 24 heavy (non-hydrogen) atoms. The summed E-state index contributed by atoms with van der Waals surface area (Å²) in [7, 11) is 0. The van der Waals surface area contributed by atoms with Crippen molar-refractivity contribution in [3.63, 3.8) is 0 Å². The first-order valence-electron chi connectivity index (χ1n) is 9.01. The summed E-state index contributed by atoms with van der Waals surface area (Å²) in [6, 6.07) is 6.05. The zero-order valence-corrected chi connectivity index (χ0v) is 15.6. The van der Waals surface area contributed by atoms with Gasteiger partial charge < -0.3 is 15.0 Å². The van der Waals surface area contributed by atoms with Crippen molar-refractivity contribution in [3.8, 4) is 5.75 Å². The Balaban J connectivity index is 1.76. The van der Waals surface area contributed by atoms with Crippen LogP contribution in [0.4, 0.5) is 0 Å². The molecule has 0 radical (unpaired) electrons. The summed E-state index contributed by atoms with van der Waals surface area (Å²) in [5, 5.41) is 4.11. The minimum absolute atomic E-state index is 0.264. The Hall–Kier alpha value is -1.26. The highest BCUT2D eigenvalue weighted by molar-refractivity contribution is 6.31. The highest BCUT2D eigenvalue weighted by Gasteiger charge is 2.24. The molecule has 0 saturated carbocycles. The average Bonchev–Trinajstić information content (AvgIpc) is 2.60. The van der Waals surface area contributed by atoms with Crippen molar-refractivity contribution in [1.82, 2.24) is 10.2 Å². The Morgan fingerprint density at radius 1 is 1.38 bits per heavy atom. The van der Waals surface area contributed by atoms with Gasteiger partial charge in [0.25, 0.3) is 0 Å². The molecule has 0 aliphatic carbocycles. The number of carbonyl (C=O) groups excluding carboxylic acids is 1. The highest BCUT2D eigenvalue weighted by Crippen LogP contribution is 2.21. The fraction of sp³-hybridized carbons (Fsp3) is 0.632. The van der Waals surface area contributed by atoms with Gasteiger partial charge in [-0.25, -0.2) is 0 Å². The van der Waals surface area contributed by atoms with Gasteiger partial charge in [-0.05, 0) is 69.5 Å². The maximum absolute atomic E-state index is 12.6. The third-order valence-corrected chi connectivity index (χ3v) is 4.89. The zero-order valence-electron chi connectivity index (χ0n) is 14.8. The summed E-state index contributed by atoms with van der Waals surface area (Å²) < 4.78 is 5.74. The van der Waals surface area contributed by atoms with E-state index in [4.69, 9.17) is 16.3 Å². The van der Waals surface area contributed by atoms with Crippen LogP contribution in [0.1, 0.15) is 44.6 Å². The molecule has 1 aliphatic heterocycles. The minimum atomic E-state index is 0.264. The van der Waals surface area contributed by atoms with Crippen molar-refractivity contribution in [1.29, 1.82) is 0 Å². The van der Waals surface area contributed by atoms with Crippen molar-refractivity contribution in [2.75, 3.05) is 26.2 Å². The second kappa shape index (κ2) is 9.90. The molecular weight excluding hydrogens is 324 g/mol. The first-order chi connectivity index (χ1) is 11.6. The van der Waals surface area contributed by atoms with Crippen LogP contribution in [-0.2, 0) is 4.79 Å². The van der Waals surface area contributed by atoms with E-state index in [1.807, 2.05) is 25.1 Å². The molecule has 0 atom stereocenters. The smallest absolute Gasteiger partial charge is 0.222 e. The molecular formula is C19H29ClN2O2. The van der Waals surface area contributed by atoms with Gasteiger partial charge >= 0.3 is 0 Å². The molecule has 0 bridgehead atoms. The van der Waals surface area contributed by atoms with Crippen molar-refractivity contribution in [2.45, 2.75) is 52.0 Å². The summed E-state index contributed by atoms with van der Waals surface area (Å²) in [6.45, 7) is 7.53. The van der Waals surface area contributed by atoms with Gasteiger partial charge in [0, 0.05) is 24.0 Å². The standard InChI is InChI=1S/C19H29ClN2O2/c1-3-12-22(16-8-10-21-11-9-16)19(23)5-4-13-24-17-6-7-18(20)15(2)14-17/h6-7,14,16,21H,3-5,8-13H2,1-2H3. The number of rotatable bonds is 8. The quantitative estimate of drug-likeness (QED) is 0.723. The largest absolute Gasteiger partial charge is 0.494 e. The lowest BCUT2D eigenvalue weighted by Crippen LogP contribution is -2.46. The highest BCUT2D eigenvalue weighted by atomic mass is 35.5. The van der Waals surface area contributed by atoms with Crippen LogP contribution in [0.5, 0.6) is 5.75 Å². The summed E-state index contributed by atoms with van der Waals surface area (Å²) in [4.78, 5) is 14.7. The minimum Gasteiger partial charge on any atom is -0.494 e. The van der Waals surface area contributed by atoms with Crippen LogP contribution >= 0.6 is 11.6 Å². The normalized spacial score (nSPS) is 15.3. The van der Waals surface area contributed by atoms with Gasteiger partial charge in [-0.15, -0.1) is 0 Å². The number of piperidine rings is 1. The number of halogens is 1. The number of hydrogen-bond donors (Lipinski definition) is 1. The monoisotopic (exact) mass is 352 g/mol. The summed E-state index contributed by atoms with van der Waals surface area (Å²) >= 11 is 6.01. The fourth-order valence-electron chi connectivity index (χ4n) is 3.13. The lowest BCUT2D eigenvalue weighted by molar-refractivity contribution is -0.134. The lowest BCUT2D eigenvalue weighted by atomic mass is 10.0. The van der Waals surface area contributed by atoms with Gasteiger partial charge in [0.1, 0.15) is 5.75 Å². The SMILES string of the molecule is CCCN(C(=O)CCCOc1ccc(Cl)c(C)c1)C1CCNCC1. The zero-order chi connectivity index (χ0) is 17.4. The third-order valence-electron chi connectivity index (χ3n) is 4.47. The molecule has 1 aliphatic rings. The van der Waals surface area contributed by atoms with Gasteiger partial charge in [-0.1, -0.05) is 18.5 Å². The molecule has 1 amide bonds. The van der Waals surface area contributed by atoms with Crippen LogP contribution in [0.15, 0.2) is 18.2 Å². The van der Waals surface area contributed by atoms with Crippen LogP contribution < -0.4 is 10.1 Å². The number of hydrogen-bond acceptors (Lipinski definition) is 3. The fourth-order valence-corrected chi connectivity index (χ4v) is 3.25. The maximum Gasteiger partial charge on any atom is 0.222 e.